The van der Waals surface area contributed by atoms with Gasteiger partial charge >= 0.3 is 0 Å². The van der Waals surface area contributed by atoms with Crippen molar-refractivity contribution in [1.29, 1.82) is 0 Å². The van der Waals surface area contributed by atoms with Crippen molar-refractivity contribution >= 4 is 16.9 Å². The Hall–Kier alpha value is -2.60. The molecule has 0 radical (unpaired) electrons. The summed E-state index contributed by atoms with van der Waals surface area (Å²) in [6.07, 6.45) is 3.68. The third-order valence-electron chi connectivity index (χ3n) is 5.85. The zero-order valence-electron chi connectivity index (χ0n) is 16.5. The molecule has 1 saturated heterocycles. The number of benzene rings is 1. The van der Waals surface area contributed by atoms with E-state index in [1.165, 1.54) is 18.5 Å². The van der Waals surface area contributed by atoms with Crippen molar-refractivity contribution in [1.82, 2.24) is 14.5 Å². The molecule has 3 heterocycles. The standard InChI is InChI=1S/C22H26N4O2/c1-25-19-14-18(16-5-7-17(8-6-16)26-9-11-28-12-10-26)22(27-2)24-21(19)23-20(25)13-15-3-4-15/h5-8,14-15H,3-4,9-13H2,1-2H3. The Morgan fingerprint density at radius 3 is 2.54 bits per heavy atom. The van der Waals surface area contributed by atoms with Gasteiger partial charge in [0, 0.05) is 37.8 Å². The fourth-order valence-corrected chi connectivity index (χ4v) is 3.94. The normalized spacial score (nSPS) is 17.3. The number of aryl methyl sites for hydroxylation is 1. The number of aromatic nitrogens is 3. The number of ether oxygens (including phenoxy) is 2. The van der Waals surface area contributed by atoms with Gasteiger partial charge in [-0.25, -0.2) is 4.98 Å². The molecule has 0 spiro atoms. The van der Waals surface area contributed by atoms with Gasteiger partial charge in [0.25, 0.3) is 0 Å². The second kappa shape index (κ2) is 7.09. The van der Waals surface area contributed by atoms with E-state index in [2.05, 4.69) is 46.8 Å². The molecule has 2 aliphatic rings. The van der Waals surface area contributed by atoms with Gasteiger partial charge in [-0.3, -0.25) is 0 Å². The number of pyridine rings is 1. The highest BCUT2D eigenvalue weighted by Gasteiger charge is 2.25. The first-order valence-electron chi connectivity index (χ1n) is 10.1. The lowest BCUT2D eigenvalue weighted by molar-refractivity contribution is 0.122. The van der Waals surface area contributed by atoms with E-state index in [1.54, 1.807) is 7.11 Å². The van der Waals surface area contributed by atoms with E-state index in [4.69, 9.17) is 19.4 Å². The van der Waals surface area contributed by atoms with E-state index < -0.39 is 0 Å². The van der Waals surface area contributed by atoms with Crippen LogP contribution in [0.3, 0.4) is 0 Å². The summed E-state index contributed by atoms with van der Waals surface area (Å²) in [5.74, 6) is 2.54. The highest BCUT2D eigenvalue weighted by atomic mass is 16.5. The van der Waals surface area contributed by atoms with Crippen LogP contribution in [-0.2, 0) is 18.2 Å². The van der Waals surface area contributed by atoms with Crippen LogP contribution in [0.2, 0.25) is 0 Å². The highest BCUT2D eigenvalue weighted by molar-refractivity contribution is 5.82. The fourth-order valence-electron chi connectivity index (χ4n) is 3.94. The lowest BCUT2D eigenvalue weighted by Gasteiger charge is -2.29. The van der Waals surface area contributed by atoms with E-state index in [0.717, 1.165) is 66.8 Å². The topological polar surface area (TPSA) is 52.4 Å². The van der Waals surface area contributed by atoms with Crippen LogP contribution in [0.1, 0.15) is 18.7 Å². The first kappa shape index (κ1) is 17.5. The lowest BCUT2D eigenvalue weighted by Crippen LogP contribution is -2.36. The quantitative estimate of drug-likeness (QED) is 0.681. The Morgan fingerprint density at radius 2 is 1.86 bits per heavy atom. The first-order chi connectivity index (χ1) is 13.7. The summed E-state index contributed by atoms with van der Waals surface area (Å²) in [7, 11) is 3.76. The lowest BCUT2D eigenvalue weighted by atomic mass is 10.1. The van der Waals surface area contributed by atoms with Gasteiger partial charge in [-0.2, -0.15) is 4.98 Å². The Bertz CT molecular complexity index is 986. The Kier molecular flexibility index (Phi) is 4.43. The largest absolute Gasteiger partial charge is 0.480 e. The predicted molar refractivity (Wildman–Crippen MR) is 110 cm³/mol. The van der Waals surface area contributed by atoms with E-state index >= 15 is 0 Å². The minimum atomic E-state index is 0.627. The summed E-state index contributed by atoms with van der Waals surface area (Å²) in [5, 5.41) is 0. The molecule has 3 aromatic rings. The van der Waals surface area contributed by atoms with Crippen molar-refractivity contribution in [3.05, 3.63) is 36.2 Å². The monoisotopic (exact) mass is 378 g/mol. The molecule has 6 nitrogen and oxygen atoms in total. The Balaban J connectivity index is 1.50. The van der Waals surface area contributed by atoms with Gasteiger partial charge < -0.3 is 18.9 Å². The molecule has 0 unspecified atom stereocenters. The third kappa shape index (κ3) is 3.22. The van der Waals surface area contributed by atoms with Gasteiger partial charge in [-0.1, -0.05) is 12.1 Å². The summed E-state index contributed by atoms with van der Waals surface area (Å²) >= 11 is 0. The number of imidazole rings is 1. The molecule has 1 aliphatic heterocycles. The molecule has 2 aromatic heterocycles. The fraction of sp³-hybridized carbons (Fsp3) is 0.455. The van der Waals surface area contributed by atoms with E-state index in [1.807, 2.05) is 0 Å². The van der Waals surface area contributed by atoms with E-state index in [-0.39, 0.29) is 0 Å². The molecule has 0 atom stereocenters. The van der Waals surface area contributed by atoms with Crippen molar-refractivity contribution in [3.8, 4) is 17.0 Å². The maximum Gasteiger partial charge on any atom is 0.223 e. The van der Waals surface area contributed by atoms with Gasteiger partial charge in [0.2, 0.25) is 5.88 Å². The highest BCUT2D eigenvalue weighted by Crippen LogP contribution is 2.35. The van der Waals surface area contributed by atoms with Gasteiger partial charge in [0.1, 0.15) is 5.82 Å². The smallest absolute Gasteiger partial charge is 0.223 e. The molecule has 5 rings (SSSR count). The molecular formula is C22H26N4O2. The SMILES string of the molecule is COc1nc2nc(CC3CC3)n(C)c2cc1-c1ccc(N2CCOCC2)cc1. The van der Waals surface area contributed by atoms with Gasteiger partial charge in [-0.05, 0) is 42.5 Å². The number of hydrogen-bond donors (Lipinski definition) is 0. The van der Waals surface area contributed by atoms with Gasteiger partial charge in [-0.15, -0.1) is 0 Å². The Labute approximate surface area is 165 Å². The summed E-state index contributed by atoms with van der Waals surface area (Å²) in [6.45, 7) is 3.46. The summed E-state index contributed by atoms with van der Waals surface area (Å²) < 4.78 is 13.2. The minimum Gasteiger partial charge on any atom is -0.480 e. The zero-order chi connectivity index (χ0) is 19.1. The maximum atomic E-state index is 5.61. The average molecular weight is 378 g/mol. The third-order valence-corrected chi connectivity index (χ3v) is 5.85. The molecular weight excluding hydrogens is 352 g/mol. The zero-order valence-corrected chi connectivity index (χ0v) is 16.5. The van der Waals surface area contributed by atoms with Crippen molar-refractivity contribution in [2.24, 2.45) is 13.0 Å². The molecule has 2 fully saturated rings. The van der Waals surface area contributed by atoms with Crippen LogP contribution in [0.5, 0.6) is 5.88 Å². The molecule has 1 aliphatic carbocycles. The van der Waals surface area contributed by atoms with Crippen LogP contribution >= 0.6 is 0 Å². The predicted octanol–water partition coefficient (Wildman–Crippen LogP) is 3.43. The van der Waals surface area contributed by atoms with Crippen LogP contribution in [0.4, 0.5) is 5.69 Å². The van der Waals surface area contributed by atoms with E-state index in [9.17, 15) is 0 Å². The molecule has 1 saturated carbocycles. The molecule has 146 valence electrons. The first-order valence-corrected chi connectivity index (χ1v) is 10.1. The second-order valence-corrected chi connectivity index (χ2v) is 7.77. The number of fused-ring (bicyclic) bond motifs is 1. The van der Waals surface area contributed by atoms with Crippen LogP contribution < -0.4 is 9.64 Å². The van der Waals surface area contributed by atoms with Crippen molar-refractivity contribution in [2.75, 3.05) is 38.3 Å². The maximum absolute atomic E-state index is 5.61. The van der Waals surface area contributed by atoms with E-state index in [0.29, 0.717) is 5.88 Å². The van der Waals surface area contributed by atoms with Crippen molar-refractivity contribution < 1.29 is 9.47 Å². The van der Waals surface area contributed by atoms with Crippen LogP contribution in [0, 0.1) is 5.92 Å². The molecule has 0 bridgehead atoms. The van der Waals surface area contributed by atoms with Crippen molar-refractivity contribution in [2.45, 2.75) is 19.3 Å². The summed E-state index contributed by atoms with van der Waals surface area (Å²) in [4.78, 5) is 11.8. The van der Waals surface area contributed by atoms with Crippen LogP contribution in [0.25, 0.3) is 22.3 Å². The number of methoxy groups -OCH3 is 1. The molecule has 1 aromatic carbocycles. The number of nitrogens with zero attached hydrogens (tertiary/aromatic N) is 4. The minimum absolute atomic E-state index is 0.627. The Morgan fingerprint density at radius 1 is 1.11 bits per heavy atom. The van der Waals surface area contributed by atoms with Crippen molar-refractivity contribution in [3.63, 3.8) is 0 Å². The van der Waals surface area contributed by atoms with Crippen LogP contribution in [0.15, 0.2) is 30.3 Å². The summed E-state index contributed by atoms with van der Waals surface area (Å²) in [6, 6.07) is 10.8. The molecule has 0 amide bonds. The molecule has 28 heavy (non-hydrogen) atoms. The molecule has 6 heteroatoms. The molecule has 0 N–H and O–H groups in total. The number of rotatable bonds is 5. The van der Waals surface area contributed by atoms with Crippen LogP contribution in [-0.4, -0.2) is 47.9 Å². The summed E-state index contributed by atoms with van der Waals surface area (Å²) in [5.41, 5.74) is 5.16. The number of morpholine rings is 1. The van der Waals surface area contributed by atoms with Gasteiger partial charge in [0.05, 0.1) is 25.8 Å². The number of hydrogen-bond acceptors (Lipinski definition) is 5. The second-order valence-electron chi connectivity index (χ2n) is 7.77. The number of anilines is 1. The average Bonchev–Trinajstić information content (AvgIpc) is 3.52. The van der Waals surface area contributed by atoms with Gasteiger partial charge in [0.15, 0.2) is 5.65 Å².